The molecule has 2 heterocycles. The Morgan fingerprint density at radius 1 is 1.42 bits per heavy atom. The number of hydrogen-bond donors (Lipinski definition) is 1. The van der Waals surface area contributed by atoms with Crippen molar-refractivity contribution in [3.8, 4) is 10.6 Å². The van der Waals surface area contributed by atoms with E-state index >= 15 is 0 Å². The van der Waals surface area contributed by atoms with E-state index in [2.05, 4.69) is 22.2 Å². The number of hydrogen-bond acceptors (Lipinski definition) is 5. The molecular formula is C13H16ClN3OS. The summed E-state index contributed by atoms with van der Waals surface area (Å²) in [6.45, 7) is 3.37. The molecule has 0 saturated carbocycles. The van der Waals surface area contributed by atoms with E-state index in [0.29, 0.717) is 17.5 Å². The number of halogens is 1. The number of anilines is 1. The first-order valence-corrected chi connectivity index (χ1v) is 7.34. The quantitative estimate of drug-likeness (QED) is 0.880. The minimum absolute atomic E-state index is 0.387. The molecule has 19 heavy (non-hydrogen) atoms. The van der Waals surface area contributed by atoms with Gasteiger partial charge in [-0.15, -0.1) is 11.3 Å². The van der Waals surface area contributed by atoms with Crippen molar-refractivity contribution in [1.82, 2.24) is 9.97 Å². The lowest BCUT2D eigenvalue weighted by molar-refractivity contribution is 0.178. The third-order valence-electron chi connectivity index (χ3n) is 2.45. The molecule has 0 saturated heterocycles. The fourth-order valence-electron chi connectivity index (χ4n) is 1.63. The van der Waals surface area contributed by atoms with Gasteiger partial charge in [-0.2, -0.15) is 0 Å². The van der Waals surface area contributed by atoms with Gasteiger partial charge in [-0.05, 0) is 17.9 Å². The van der Waals surface area contributed by atoms with Gasteiger partial charge in [0.2, 0.25) is 0 Å². The summed E-state index contributed by atoms with van der Waals surface area (Å²) in [6.07, 6.45) is 1.04. The van der Waals surface area contributed by atoms with E-state index < -0.39 is 0 Å². The van der Waals surface area contributed by atoms with Crippen LogP contribution in [-0.4, -0.2) is 23.6 Å². The first-order valence-electron chi connectivity index (χ1n) is 6.08. The predicted molar refractivity (Wildman–Crippen MR) is 79.8 cm³/mol. The molecule has 0 spiro atoms. The van der Waals surface area contributed by atoms with Gasteiger partial charge in [-0.1, -0.05) is 18.5 Å². The molecule has 0 amide bonds. The van der Waals surface area contributed by atoms with E-state index in [1.54, 1.807) is 18.4 Å². The Hall–Kier alpha value is -1.17. The molecule has 2 aromatic rings. The molecule has 102 valence electrons. The standard InChI is InChI=1S/C13H16ClN3OS/c1-3-5-15-11-7-10(13-9(14)4-6-19-13)16-12(17-11)8-18-2/h4,6-7H,3,5,8H2,1-2H3,(H,15,16,17). The van der Waals surface area contributed by atoms with Crippen LogP contribution >= 0.6 is 22.9 Å². The minimum Gasteiger partial charge on any atom is -0.377 e. The van der Waals surface area contributed by atoms with E-state index in [-0.39, 0.29) is 0 Å². The van der Waals surface area contributed by atoms with Gasteiger partial charge in [0.05, 0.1) is 15.6 Å². The normalized spacial score (nSPS) is 10.7. The van der Waals surface area contributed by atoms with Crippen LogP contribution in [0.1, 0.15) is 19.2 Å². The molecule has 2 aromatic heterocycles. The summed E-state index contributed by atoms with van der Waals surface area (Å²) in [7, 11) is 1.63. The Bertz CT molecular complexity index is 544. The number of rotatable bonds is 6. The Morgan fingerprint density at radius 2 is 2.26 bits per heavy atom. The zero-order valence-corrected chi connectivity index (χ0v) is 12.5. The molecule has 2 rings (SSSR count). The van der Waals surface area contributed by atoms with Crippen molar-refractivity contribution >= 4 is 28.8 Å². The highest BCUT2D eigenvalue weighted by Crippen LogP contribution is 2.32. The average molecular weight is 298 g/mol. The van der Waals surface area contributed by atoms with Crippen LogP contribution in [-0.2, 0) is 11.3 Å². The second-order valence-corrected chi connectivity index (χ2v) is 5.34. The van der Waals surface area contributed by atoms with Gasteiger partial charge in [-0.3, -0.25) is 0 Å². The molecule has 0 fully saturated rings. The van der Waals surface area contributed by atoms with Crippen molar-refractivity contribution in [3.63, 3.8) is 0 Å². The molecule has 0 aliphatic rings. The van der Waals surface area contributed by atoms with Gasteiger partial charge in [0.25, 0.3) is 0 Å². The van der Waals surface area contributed by atoms with Crippen LogP contribution in [0.25, 0.3) is 10.6 Å². The number of nitrogens with one attached hydrogen (secondary N) is 1. The smallest absolute Gasteiger partial charge is 0.157 e. The highest BCUT2D eigenvalue weighted by molar-refractivity contribution is 7.14. The largest absolute Gasteiger partial charge is 0.377 e. The Balaban J connectivity index is 2.36. The topological polar surface area (TPSA) is 47.0 Å². The second-order valence-electron chi connectivity index (χ2n) is 4.01. The van der Waals surface area contributed by atoms with Crippen molar-refractivity contribution in [2.75, 3.05) is 19.0 Å². The maximum Gasteiger partial charge on any atom is 0.157 e. The molecule has 0 atom stereocenters. The zero-order chi connectivity index (χ0) is 13.7. The first-order chi connectivity index (χ1) is 9.24. The van der Waals surface area contributed by atoms with Crippen molar-refractivity contribution < 1.29 is 4.74 Å². The summed E-state index contributed by atoms with van der Waals surface area (Å²) in [6, 6.07) is 3.80. The molecule has 6 heteroatoms. The van der Waals surface area contributed by atoms with E-state index in [9.17, 15) is 0 Å². The molecule has 0 aliphatic heterocycles. The maximum atomic E-state index is 6.16. The van der Waals surface area contributed by atoms with Crippen molar-refractivity contribution in [1.29, 1.82) is 0 Å². The number of thiophene rings is 1. The van der Waals surface area contributed by atoms with Crippen molar-refractivity contribution in [2.45, 2.75) is 20.0 Å². The minimum atomic E-state index is 0.387. The molecular weight excluding hydrogens is 282 g/mol. The van der Waals surface area contributed by atoms with Gasteiger partial charge in [0, 0.05) is 19.7 Å². The van der Waals surface area contributed by atoms with Gasteiger partial charge < -0.3 is 10.1 Å². The Kier molecular flexibility index (Phi) is 5.13. The highest BCUT2D eigenvalue weighted by Gasteiger charge is 2.10. The lowest BCUT2D eigenvalue weighted by atomic mass is 10.3. The monoisotopic (exact) mass is 297 g/mol. The van der Waals surface area contributed by atoms with E-state index in [4.69, 9.17) is 16.3 Å². The lowest BCUT2D eigenvalue weighted by Gasteiger charge is -2.08. The summed E-state index contributed by atoms with van der Waals surface area (Å²) in [5.74, 6) is 1.46. The van der Waals surface area contributed by atoms with Crippen molar-refractivity contribution in [2.24, 2.45) is 0 Å². The van der Waals surface area contributed by atoms with E-state index in [1.807, 2.05) is 17.5 Å². The molecule has 0 radical (unpaired) electrons. The summed E-state index contributed by atoms with van der Waals surface area (Å²) in [4.78, 5) is 9.86. The fourth-order valence-corrected chi connectivity index (χ4v) is 2.74. The number of ether oxygens (including phenoxy) is 1. The molecule has 0 unspecified atom stereocenters. The third-order valence-corrected chi connectivity index (χ3v) is 3.82. The highest BCUT2D eigenvalue weighted by atomic mass is 35.5. The SMILES string of the molecule is CCCNc1cc(-c2sccc2Cl)nc(COC)n1. The maximum absolute atomic E-state index is 6.16. The summed E-state index contributed by atoms with van der Waals surface area (Å²) in [5, 5.41) is 5.94. The van der Waals surface area contributed by atoms with Gasteiger partial charge in [-0.25, -0.2) is 9.97 Å². The summed E-state index contributed by atoms with van der Waals surface area (Å²) in [5.41, 5.74) is 0.834. The van der Waals surface area contributed by atoms with Gasteiger partial charge in [0.1, 0.15) is 12.4 Å². The van der Waals surface area contributed by atoms with E-state index in [1.165, 1.54) is 0 Å². The third kappa shape index (κ3) is 3.65. The Labute approximate surface area is 121 Å². The van der Waals surface area contributed by atoms with Crippen LogP contribution in [0.4, 0.5) is 5.82 Å². The van der Waals surface area contributed by atoms with Crippen LogP contribution in [0.2, 0.25) is 5.02 Å². The van der Waals surface area contributed by atoms with Crippen molar-refractivity contribution in [3.05, 3.63) is 28.4 Å². The van der Waals surface area contributed by atoms with Crippen LogP contribution in [0.15, 0.2) is 17.5 Å². The number of methoxy groups -OCH3 is 1. The fraction of sp³-hybridized carbons (Fsp3) is 0.385. The van der Waals surface area contributed by atoms with Crippen LogP contribution in [0.3, 0.4) is 0 Å². The van der Waals surface area contributed by atoms with Crippen LogP contribution < -0.4 is 5.32 Å². The summed E-state index contributed by atoms with van der Waals surface area (Å²) >= 11 is 7.73. The molecule has 0 aliphatic carbocycles. The molecule has 1 N–H and O–H groups in total. The first kappa shape index (κ1) is 14.2. The van der Waals surface area contributed by atoms with Gasteiger partial charge >= 0.3 is 0 Å². The predicted octanol–water partition coefficient (Wildman–Crippen LogP) is 3.83. The average Bonchev–Trinajstić information content (AvgIpc) is 2.83. The van der Waals surface area contributed by atoms with Crippen LogP contribution in [0.5, 0.6) is 0 Å². The number of nitrogens with zero attached hydrogens (tertiary/aromatic N) is 2. The molecule has 0 bridgehead atoms. The summed E-state index contributed by atoms with van der Waals surface area (Å²) < 4.78 is 5.11. The number of aromatic nitrogens is 2. The second kappa shape index (κ2) is 6.84. The van der Waals surface area contributed by atoms with E-state index in [0.717, 1.165) is 29.4 Å². The van der Waals surface area contributed by atoms with Crippen LogP contribution in [0, 0.1) is 0 Å². The molecule has 0 aromatic carbocycles. The molecule has 4 nitrogen and oxygen atoms in total. The Morgan fingerprint density at radius 3 is 2.89 bits per heavy atom. The lowest BCUT2D eigenvalue weighted by Crippen LogP contribution is -2.06. The van der Waals surface area contributed by atoms with Gasteiger partial charge in [0.15, 0.2) is 5.82 Å². The zero-order valence-electron chi connectivity index (χ0n) is 10.9.